The zero-order chi connectivity index (χ0) is 12.3. The molecule has 17 heavy (non-hydrogen) atoms. The quantitative estimate of drug-likeness (QED) is 0.500. The number of benzene rings is 2. The lowest BCUT2D eigenvalue weighted by molar-refractivity contribution is 0.481. The predicted octanol–water partition coefficient (Wildman–Crippen LogP) is 5.29. The Bertz CT molecular complexity index is 525. The third-order valence-electron chi connectivity index (χ3n) is 2.49. The highest BCUT2D eigenvalue weighted by atomic mass is 127. The first-order valence-corrected chi connectivity index (χ1v) is 7.48. The van der Waals surface area contributed by atoms with Crippen molar-refractivity contribution in [3.63, 3.8) is 0 Å². The van der Waals surface area contributed by atoms with Crippen molar-refractivity contribution < 1.29 is 4.74 Å². The molecule has 0 radical (unpaired) electrons. The highest BCUT2D eigenvalue weighted by Gasteiger charge is 2.01. The molecule has 0 bridgehead atoms. The number of halogens is 2. The Labute approximate surface area is 123 Å². The summed E-state index contributed by atoms with van der Waals surface area (Å²) in [6.45, 7) is 2.10. The molecule has 1 nitrogen and oxygen atoms in total. The fourth-order valence-corrected chi connectivity index (χ4v) is 2.69. The van der Waals surface area contributed by atoms with Gasteiger partial charge in [-0.3, -0.25) is 0 Å². The van der Waals surface area contributed by atoms with E-state index in [1.54, 1.807) is 0 Å². The van der Waals surface area contributed by atoms with Crippen LogP contribution in [0.25, 0.3) is 0 Å². The third kappa shape index (κ3) is 3.45. The van der Waals surface area contributed by atoms with Gasteiger partial charge in [-0.2, -0.15) is 0 Å². The maximum Gasteiger partial charge on any atom is 0.128 e. The fourth-order valence-electron chi connectivity index (χ4n) is 1.55. The van der Waals surface area contributed by atoms with E-state index in [9.17, 15) is 0 Å². The Kier molecular flexibility index (Phi) is 4.45. The summed E-state index contributed by atoms with van der Waals surface area (Å²) >= 11 is 5.75. The Balaban J connectivity index is 2.22. The summed E-state index contributed by atoms with van der Waals surface area (Å²) < 4.78 is 6.99. The normalized spacial score (nSPS) is 10.3. The summed E-state index contributed by atoms with van der Waals surface area (Å²) in [7, 11) is 0. The average molecular weight is 403 g/mol. The molecule has 2 rings (SSSR count). The maximum absolute atomic E-state index is 5.82. The SMILES string of the molecule is Cc1cc(Oc2cccc(I)c2)ccc1CBr. The molecule has 0 spiro atoms. The summed E-state index contributed by atoms with van der Waals surface area (Å²) in [6, 6.07) is 14.2. The standard InChI is InChI=1S/C14H12BrIO/c1-10-7-14(6-5-11(10)9-15)17-13-4-2-3-12(16)8-13/h2-8H,9H2,1H3. The molecule has 0 aliphatic carbocycles. The van der Waals surface area contributed by atoms with Gasteiger partial charge in [0.25, 0.3) is 0 Å². The number of hydrogen-bond donors (Lipinski definition) is 0. The fraction of sp³-hybridized carbons (Fsp3) is 0.143. The first-order chi connectivity index (χ1) is 8.19. The number of ether oxygens (including phenoxy) is 1. The smallest absolute Gasteiger partial charge is 0.128 e. The molecule has 0 atom stereocenters. The Hall–Kier alpha value is -0.550. The molecule has 0 aliphatic rings. The van der Waals surface area contributed by atoms with E-state index in [0.717, 1.165) is 16.8 Å². The molecule has 0 saturated carbocycles. The van der Waals surface area contributed by atoms with Crippen LogP contribution in [0, 0.1) is 10.5 Å². The maximum atomic E-state index is 5.82. The topological polar surface area (TPSA) is 9.23 Å². The van der Waals surface area contributed by atoms with Crippen molar-refractivity contribution >= 4 is 38.5 Å². The Morgan fingerprint density at radius 3 is 2.53 bits per heavy atom. The first-order valence-electron chi connectivity index (χ1n) is 5.28. The molecule has 0 aliphatic heterocycles. The van der Waals surface area contributed by atoms with Crippen LogP contribution in [0.3, 0.4) is 0 Å². The van der Waals surface area contributed by atoms with Crippen LogP contribution in [0.15, 0.2) is 42.5 Å². The molecular weight excluding hydrogens is 391 g/mol. The van der Waals surface area contributed by atoms with Gasteiger partial charge in [-0.15, -0.1) is 0 Å². The van der Waals surface area contributed by atoms with E-state index < -0.39 is 0 Å². The molecule has 0 unspecified atom stereocenters. The predicted molar refractivity (Wildman–Crippen MR) is 83.0 cm³/mol. The number of hydrogen-bond acceptors (Lipinski definition) is 1. The van der Waals surface area contributed by atoms with Crippen molar-refractivity contribution in [3.8, 4) is 11.5 Å². The minimum Gasteiger partial charge on any atom is -0.457 e. The van der Waals surface area contributed by atoms with Crippen molar-refractivity contribution in [2.75, 3.05) is 0 Å². The minimum absolute atomic E-state index is 0.877. The zero-order valence-corrected chi connectivity index (χ0v) is 13.2. The van der Waals surface area contributed by atoms with Gasteiger partial charge in [-0.25, -0.2) is 0 Å². The van der Waals surface area contributed by atoms with Crippen LogP contribution in [-0.2, 0) is 5.33 Å². The van der Waals surface area contributed by atoms with E-state index in [-0.39, 0.29) is 0 Å². The molecule has 0 aromatic heterocycles. The van der Waals surface area contributed by atoms with Crippen LogP contribution < -0.4 is 4.74 Å². The lowest BCUT2D eigenvalue weighted by Crippen LogP contribution is -1.88. The molecule has 2 aromatic carbocycles. The van der Waals surface area contributed by atoms with Crippen LogP contribution in [0.2, 0.25) is 0 Å². The van der Waals surface area contributed by atoms with Gasteiger partial charge in [0, 0.05) is 8.90 Å². The summed E-state index contributed by atoms with van der Waals surface area (Å²) in [5, 5.41) is 0.877. The lowest BCUT2D eigenvalue weighted by atomic mass is 10.1. The highest BCUT2D eigenvalue weighted by molar-refractivity contribution is 14.1. The lowest BCUT2D eigenvalue weighted by Gasteiger charge is -2.08. The van der Waals surface area contributed by atoms with Crippen LogP contribution in [0.4, 0.5) is 0 Å². The van der Waals surface area contributed by atoms with Crippen molar-refractivity contribution in [1.29, 1.82) is 0 Å². The zero-order valence-electron chi connectivity index (χ0n) is 9.41. The van der Waals surface area contributed by atoms with Crippen molar-refractivity contribution in [2.45, 2.75) is 12.3 Å². The first kappa shape index (κ1) is 12.9. The third-order valence-corrected chi connectivity index (χ3v) is 3.76. The summed E-state index contributed by atoms with van der Waals surface area (Å²) in [5.41, 5.74) is 2.53. The van der Waals surface area contributed by atoms with Crippen LogP contribution in [0.5, 0.6) is 11.5 Å². The van der Waals surface area contributed by atoms with E-state index in [0.29, 0.717) is 0 Å². The van der Waals surface area contributed by atoms with Gasteiger partial charge in [-0.1, -0.05) is 28.1 Å². The van der Waals surface area contributed by atoms with Crippen LogP contribution in [0.1, 0.15) is 11.1 Å². The second-order valence-electron chi connectivity index (χ2n) is 3.78. The van der Waals surface area contributed by atoms with Crippen LogP contribution >= 0.6 is 38.5 Å². The van der Waals surface area contributed by atoms with Gasteiger partial charge in [0.1, 0.15) is 11.5 Å². The van der Waals surface area contributed by atoms with E-state index in [1.807, 2.05) is 30.3 Å². The van der Waals surface area contributed by atoms with Crippen LogP contribution in [-0.4, -0.2) is 0 Å². The van der Waals surface area contributed by atoms with Crippen molar-refractivity contribution in [3.05, 3.63) is 57.2 Å². The minimum atomic E-state index is 0.877. The average Bonchev–Trinajstić information content (AvgIpc) is 2.29. The summed E-state index contributed by atoms with van der Waals surface area (Å²) in [5.74, 6) is 1.76. The van der Waals surface area contributed by atoms with Gasteiger partial charge >= 0.3 is 0 Å². The van der Waals surface area contributed by atoms with Gasteiger partial charge in [0.05, 0.1) is 0 Å². The molecule has 88 valence electrons. The molecule has 0 amide bonds. The van der Waals surface area contributed by atoms with Crippen molar-refractivity contribution in [1.82, 2.24) is 0 Å². The highest BCUT2D eigenvalue weighted by Crippen LogP contribution is 2.25. The van der Waals surface area contributed by atoms with E-state index in [1.165, 1.54) is 14.7 Å². The molecule has 0 N–H and O–H groups in total. The van der Waals surface area contributed by atoms with Crippen molar-refractivity contribution in [2.24, 2.45) is 0 Å². The second-order valence-corrected chi connectivity index (χ2v) is 5.59. The largest absolute Gasteiger partial charge is 0.457 e. The van der Waals surface area contributed by atoms with E-state index in [4.69, 9.17) is 4.74 Å². The molecule has 0 heterocycles. The van der Waals surface area contributed by atoms with Gasteiger partial charge in [-0.05, 0) is 71.0 Å². The Morgan fingerprint density at radius 2 is 1.88 bits per heavy atom. The molecule has 0 saturated heterocycles. The Morgan fingerprint density at radius 1 is 1.12 bits per heavy atom. The van der Waals surface area contributed by atoms with Gasteiger partial charge in [0.2, 0.25) is 0 Å². The monoisotopic (exact) mass is 402 g/mol. The van der Waals surface area contributed by atoms with Gasteiger partial charge < -0.3 is 4.74 Å². The number of alkyl halides is 1. The number of aryl methyl sites for hydroxylation is 1. The molecular formula is C14H12BrIO. The van der Waals surface area contributed by atoms with E-state index in [2.05, 4.69) is 57.6 Å². The summed E-state index contributed by atoms with van der Waals surface area (Å²) in [6.07, 6.45) is 0. The molecule has 2 aromatic rings. The summed E-state index contributed by atoms with van der Waals surface area (Å²) in [4.78, 5) is 0. The molecule has 0 fully saturated rings. The van der Waals surface area contributed by atoms with E-state index >= 15 is 0 Å². The molecule has 3 heteroatoms. The second kappa shape index (κ2) is 5.87. The van der Waals surface area contributed by atoms with Gasteiger partial charge in [0.15, 0.2) is 0 Å². The number of rotatable bonds is 3.